The van der Waals surface area contributed by atoms with Gasteiger partial charge in [0.2, 0.25) is 17.7 Å². The molecule has 0 radical (unpaired) electrons. The van der Waals surface area contributed by atoms with E-state index in [-0.39, 0.29) is 30.1 Å². The standard InChI is InChI=1S/C20H26N4O4S/c1-13(25)22-11-15-7-8-17(28-15)16-12-29-20(23-16)24-18(26)9-10-21-19(27)14-5-3-2-4-6-14/h7-8,12,14H,2-6,9-11H2,1H3,(H,21,27)(H,22,25)(H,23,24,26). The average molecular weight is 419 g/mol. The summed E-state index contributed by atoms with van der Waals surface area (Å²) in [7, 11) is 0. The van der Waals surface area contributed by atoms with Crippen LogP contribution >= 0.6 is 11.3 Å². The van der Waals surface area contributed by atoms with Gasteiger partial charge in [0.25, 0.3) is 0 Å². The van der Waals surface area contributed by atoms with Crippen LogP contribution in [-0.4, -0.2) is 29.3 Å². The lowest BCUT2D eigenvalue weighted by Gasteiger charge is -2.20. The van der Waals surface area contributed by atoms with Crippen molar-refractivity contribution in [3.05, 3.63) is 23.3 Å². The van der Waals surface area contributed by atoms with Crippen LogP contribution in [0.5, 0.6) is 0 Å². The Morgan fingerprint density at radius 3 is 2.72 bits per heavy atom. The van der Waals surface area contributed by atoms with Crippen LogP contribution in [0, 0.1) is 5.92 Å². The van der Waals surface area contributed by atoms with Gasteiger partial charge in [0, 0.05) is 31.2 Å². The molecule has 1 fully saturated rings. The molecule has 3 N–H and O–H groups in total. The number of furan rings is 1. The molecule has 0 atom stereocenters. The molecule has 0 spiro atoms. The van der Waals surface area contributed by atoms with E-state index in [0.717, 1.165) is 25.7 Å². The number of thiazole rings is 1. The number of hydrogen-bond acceptors (Lipinski definition) is 6. The van der Waals surface area contributed by atoms with Gasteiger partial charge in [0.15, 0.2) is 10.9 Å². The van der Waals surface area contributed by atoms with E-state index < -0.39 is 0 Å². The van der Waals surface area contributed by atoms with E-state index >= 15 is 0 Å². The summed E-state index contributed by atoms with van der Waals surface area (Å²) < 4.78 is 5.66. The second-order valence-corrected chi connectivity index (χ2v) is 8.00. The predicted molar refractivity (Wildman–Crippen MR) is 110 cm³/mol. The summed E-state index contributed by atoms with van der Waals surface area (Å²) in [4.78, 5) is 39.5. The maximum Gasteiger partial charge on any atom is 0.227 e. The van der Waals surface area contributed by atoms with Gasteiger partial charge in [-0.3, -0.25) is 14.4 Å². The third-order valence-corrected chi connectivity index (χ3v) is 5.56. The quantitative estimate of drug-likeness (QED) is 0.610. The molecule has 0 bridgehead atoms. The van der Waals surface area contributed by atoms with E-state index in [1.54, 1.807) is 17.5 Å². The molecule has 0 unspecified atom stereocenters. The van der Waals surface area contributed by atoms with Crippen molar-refractivity contribution in [3.63, 3.8) is 0 Å². The molecule has 8 nitrogen and oxygen atoms in total. The number of amides is 3. The molecule has 0 saturated heterocycles. The Balaban J connectivity index is 1.43. The molecule has 3 rings (SSSR count). The highest BCUT2D eigenvalue weighted by atomic mass is 32.1. The zero-order valence-electron chi connectivity index (χ0n) is 16.5. The Hall–Kier alpha value is -2.68. The third kappa shape index (κ3) is 6.42. The van der Waals surface area contributed by atoms with Crippen LogP contribution in [0.25, 0.3) is 11.5 Å². The molecule has 29 heavy (non-hydrogen) atoms. The maximum absolute atomic E-state index is 12.1. The summed E-state index contributed by atoms with van der Waals surface area (Å²) in [6.07, 6.45) is 5.51. The lowest BCUT2D eigenvalue weighted by molar-refractivity contribution is -0.126. The van der Waals surface area contributed by atoms with Gasteiger partial charge in [-0.1, -0.05) is 19.3 Å². The van der Waals surface area contributed by atoms with Crippen LogP contribution in [0.2, 0.25) is 0 Å². The molecule has 0 aromatic carbocycles. The fourth-order valence-corrected chi connectivity index (χ4v) is 3.97. The van der Waals surface area contributed by atoms with Gasteiger partial charge < -0.3 is 20.4 Å². The molecule has 2 aromatic rings. The Morgan fingerprint density at radius 2 is 1.97 bits per heavy atom. The predicted octanol–water partition coefficient (Wildman–Crippen LogP) is 3.06. The van der Waals surface area contributed by atoms with Crippen LogP contribution in [0.15, 0.2) is 21.9 Å². The number of rotatable bonds is 8. The summed E-state index contributed by atoms with van der Waals surface area (Å²) >= 11 is 1.30. The highest BCUT2D eigenvalue weighted by molar-refractivity contribution is 7.14. The van der Waals surface area contributed by atoms with Crippen molar-refractivity contribution in [2.45, 2.75) is 52.0 Å². The Morgan fingerprint density at radius 1 is 1.17 bits per heavy atom. The van der Waals surface area contributed by atoms with Crippen LogP contribution in [-0.2, 0) is 20.9 Å². The van der Waals surface area contributed by atoms with Crippen molar-refractivity contribution in [2.75, 3.05) is 11.9 Å². The Bertz CT molecular complexity index is 854. The van der Waals surface area contributed by atoms with Crippen LogP contribution in [0.3, 0.4) is 0 Å². The molecule has 1 aliphatic rings. The number of aromatic nitrogens is 1. The zero-order valence-corrected chi connectivity index (χ0v) is 17.3. The highest BCUT2D eigenvalue weighted by Gasteiger charge is 2.20. The first kappa shape index (κ1) is 21.0. The van der Waals surface area contributed by atoms with Crippen molar-refractivity contribution in [2.24, 2.45) is 5.92 Å². The lowest BCUT2D eigenvalue weighted by atomic mass is 9.89. The smallest absolute Gasteiger partial charge is 0.227 e. The molecule has 1 aliphatic carbocycles. The molecule has 1 saturated carbocycles. The van der Waals surface area contributed by atoms with E-state index in [2.05, 4.69) is 20.9 Å². The first-order chi connectivity index (χ1) is 14.0. The minimum atomic E-state index is -0.194. The largest absolute Gasteiger partial charge is 0.458 e. The molecule has 156 valence electrons. The van der Waals surface area contributed by atoms with Crippen molar-refractivity contribution in [1.29, 1.82) is 0 Å². The van der Waals surface area contributed by atoms with E-state index in [9.17, 15) is 14.4 Å². The Kier molecular flexibility index (Phi) is 7.40. The average Bonchev–Trinajstić information content (AvgIpc) is 3.36. The highest BCUT2D eigenvalue weighted by Crippen LogP contribution is 2.27. The first-order valence-electron chi connectivity index (χ1n) is 9.88. The molecule has 2 heterocycles. The van der Waals surface area contributed by atoms with Crippen molar-refractivity contribution in [3.8, 4) is 11.5 Å². The van der Waals surface area contributed by atoms with Crippen LogP contribution in [0.1, 0.15) is 51.2 Å². The minimum Gasteiger partial charge on any atom is -0.458 e. The molecule has 3 amide bonds. The first-order valence-corrected chi connectivity index (χ1v) is 10.8. The number of nitrogens with one attached hydrogen (secondary N) is 3. The number of anilines is 1. The molecule has 9 heteroatoms. The van der Waals surface area contributed by atoms with Gasteiger partial charge in [-0.15, -0.1) is 11.3 Å². The number of hydrogen-bond donors (Lipinski definition) is 3. The van der Waals surface area contributed by atoms with Gasteiger partial charge in [-0.05, 0) is 25.0 Å². The molecule has 0 aliphatic heterocycles. The summed E-state index contributed by atoms with van der Waals surface area (Å²) in [6, 6.07) is 3.55. The Labute approximate surface area is 173 Å². The lowest BCUT2D eigenvalue weighted by Crippen LogP contribution is -2.34. The van der Waals surface area contributed by atoms with E-state index in [1.807, 2.05) is 0 Å². The van der Waals surface area contributed by atoms with E-state index in [0.29, 0.717) is 35.4 Å². The number of carbonyl (C=O) groups excluding carboxylic acids is 3. The monoisotopic (exact) mass is 418 g/mol. The second kappa shape index (κ2) is 10.2. The molecular weight excluding hydrogens is 392 g/mol. The third-order valence-electron chi connectivity index (χ3n) is 4.80. The normalized spacial score (nSPS) is 14.4. The van der Waals surface area contributed by atoms with Gasteiger partial charge in [-0.25, -0.2) is 4.98 Å². The van der Waals surface area contributed by atoms with Gasteiger partial charge >= 0.3 is 0 Å². The van der Waals surface area contributed by atoms with Crippen LogP contribution in [0.4, 0.5) is 5.13 Å². The molecule has 2 aromatic heterocycles. The fraction of sp³-hybridized carbons (Fsp3) is 0.500. The summed E-state index contributed by atoms with van der Waals surface area (Å²) in [5, 5.41) is 10.5. The zero-order chi connectivity index (χ0) is 20.6. The van der Waals surface area contributed by atoms with E-state index in [1.165, 1.54) is 24.7 Å². The fourth-order valence-electron chi connectivity index (χ4n) is 3.26. The van der Waals surface area contributed by atoms with Crippen molar-refractivity contribution >= 4 is 34.2 Å². The summed E-state index contributed by atoms with van der Waals surface area (Å²) in [5.41, 5.74) is 0.616. The van der Waals surface area contributed by atoms with E-state index in [4.69, 9.17) is 4.42 Å². The van der Waals surface area contributed by atoms with Gasteiger partial charge in [0.1, 0.15) is 11.5 Å². The minimum absolute atomic E-state index is 0.0573. The van der Waals surface area contributed by atoms with Crippen LogP contribution < -0.4 is 16.0 Å². The van der Waals surface area contributed by atoms with Gasteiger partial charge in [0.05, 0.1) is 6.54 Å². The second-order valence-electron chi connectivity index (χ2n) is 7.14. The number of carbonyl (C=O) groups is 3. The topological polar surface area (TPSA) is 113 Å². The maximum atomic E-state index is 12.1. The molecular formula is C20H26N4O4S. The SMILES string of the molecule is CC(=O)NCc1ccc(-c2csc(NC(=O)CCNC(=O)C3CCCCC3)n2)o1. The van der Waals surface area contributed by atoms with Gasteiger partial charge in [-0.2, -0.15) is 0 Å². The summed E-state index contributed by atoms with van der Waals surface area (Å²) in [5.74, 6) is 1.03. The summed E-state index contributed by atoms with van der Waals surface area (Å²) in [6.45, 7) is 2.08. The van der Waals surface area contributed by atoms with Crippen molar-refractivity contribution in [1.82, 2.24) is 15.6 Å². The number of nitrogens with zero attached hydrogens (tertiary/aromatic N) is 1. The van der Waals surface area contributed by atoms with Crippen molar-refractivity contribution < 1.29 is 18.8 Å².